The van der Waals surface area contributed by atoms with Crippen molar-refractivity contribution in [3.05, 3.63) is 12.7 Å². The van der Waals surface area contributed by atoms with Gasteiger partial charge in [0.1, 0.15) is 11.8 Å². The number of carbonyl (C=O) groups excluding carboxylic acids is 1. The molecular weight excluding hydrogens is 230 g/mol. The van der Waals surface area contributed by atoms with Gasteiger partial charge >= 0.3 is 0 Å². The van der Waals surface area contributed by atoms with E-state index in [4.69, 9.17) is 11.6 Å². The minimum atomic E-state index is -0.116. The summed E-state index contributed by atoms with van der Waals surface area (Å²) >= 11 is 5.50. The minimum absolute atomic E-state index is 0.116. The van der Waals surface area contributed by atoms with Gasteiger partial charge in [0.2, 0.25) is 5.91 Å². The van der Waals surface area contributed by atoms with Crippen molar-refractivity contribution >= 4 is 34.5 Å². The van der Waals surface area contributed by atoms with Crippen LogP contribution in [0.25, 0.3) is 11.2 Å². The third-order valence-corrected chi connectivity index (χ3v) is 2.29. The molecule has 0 fully saturated rings. The van der Waals surface area contributed by atoms with Crippen molar-refractivity contribution in [1.29, 1.82) is 0 Å². The van der Waals surface area contributed by atoms with Crippen molar-refractivity contribution in [2.75, 3.05) is 11.2 Å². The zero-order valence-electron chi connectivity index (χ0n) is 8.40. The third kappa shape index (κ3) is 2.27. The van der Waals surface area contributed by atoms with E-state index in [2.05, 4.69) is 25.3 Å². The van der Waals surface area contributed by atoms with E-state index < -0.39 is 0 Å². The maximum Gasteiger partial charge on any atom is 0.225 e. The first-order valence-corrected chi connectivity index (χ1v) is 5.34. The van der Waals surface area contributed by atoms with Gasteiger partial charge in [0.25, 0.3) is 0 Å². The molecule has 2 aromatic rings. The van der Waals surface area contributed by atoms with Crippen molar-refractivity contribution in [3.63, 3.8) is 0 Å². The van der Waals surface area contributed by atoms with Crippen LogP contribution in [-0.4, -0.2) is 31.7 Å². The zero-order chi connectivity index (χ0) is 11.4. The Labute approximate surface area is 96.5 Å². The number of anilines is 1. The summed E-state index contributed by atoms with van der Waals surface area (Å²) in [5.41, 5.74) is 1.16. The molecule has 0 spiro atoms. The number of imidazole rings is 1. The number of fused-ring (bicyclic) bond motifs is 1. The average Bonchev–Trinajstić information content (AvgIpc) is 2.75. The molecule has 0 bridgehead atoms. The first kappa shape index (κ1) is 10.8. The zero-order valence-corrected chi connectivity index (χ0v) is 9.16. The molecule has 0 aliphatic rings. The lowest BCUT2D eigenvalue weighted by atomic mass is 10.3. The van der Waals surface area contributed by atoms with Gasteiger partial charge in [-0.3, -0.25) is 4.79 Å². The fourth-order valence-corrected chi connectivity index (χ4v) is 1.42. The molecule has 0 atom stereocenters. The molecule has 6 nitrogen and oxygen atoms in total. The smallest absolute Gasteiger partial charge is 0.225 e. The molecule has 2 aromatic heterocycles. The second kappa shape index (κ2) is 4.89. The van der Waals surface area contributed by atoms with Crippen LogP contribution in [0.15, 0.2) is 12.7 Å². The minimum Gasteiger partial charge on any atom is -0.340 e. The molecular formula is C9H10ClN5O. The number of hydrogen-bond acceptors (Lipinski definition) is 4. The maximum atomic E-state index is 11.5. The molecule has 2 rings (SSSR count). The standard InChI is InChI=1S/C9H10ClN5O/c10-3-1-2-6(16)15-9-7-8(12-4-11-7)13-5-14-9/h4-5H,1-3H2,(H2,11,12,13,14,15,16). The van der Waals surface area contributed by atoms with Gasteiger partial charge < -0.3 is 10.3 Å². The molecule has 0 aromatic carbocycles. The number of rotatable bonds is 4. The largest absolute Gasteiger partial charge is 0.340 e. The number of carbonyl (C=O) groups is 1. The fraction of sp³-hybridized carbons (Fsp3) is 0.333. The number of aromatic amines is 1. The lowest BCUT2D eigenvalue weighted by Crippen LogP contribution is -2.13. The number of halogens is 1. The highest BCUT2D eigenvalue weighted by atomic mass is 35.5. The van der Waals surface area contributed by atoms with Crippen molar-refractivity contribution < 1.29 is 4.79 Å². The molecule has 0 radical (unpaired) electrons. The third-order valence-electron chi connectivity index (χ3n) is 2.02. The van der Waals surface area contributed by atoms with Gasteiger partial charge in [0.15, 0.2) is 11.5 Å². The highest BCUT2D eigenvalue weighted by Gasteiger charge is 2.08. The number of aromatic nitrogens is 4. The van der Waals surface area contributed by atoms with E-state index in [-0.39, 0.29) is 5.91 Å². The van der Waals surface area contributed by atoms with Crippen molar-refractivity contribution in [2.24, 2.45) is 0 Å². The first-order valence-electron chi connectivity index (χ1n) is 4.81. The highest BCUT2D eigenvalue weighted by Crippen LogP contribution is 2.14. The van der Waals surface area contributed by atoms with Crippen LogP contribution in [0, 0.1) is 0 Å². The number of nitrogens with zero attached hydrogens (tertiary/aromatic N) is 3. The average molecular weight is 240 g/mol. The van der Waals surface area contributed by atoms with E-state index >= 15 is 0 Å². The van der Waals surface area contributed by atoms with E-state index in [1.807, 2.05) is 0 Å². The molecule has 0 aliphatic carbocycles. The Hall–Kier alpha value is -1.69. The van der Waals surface area contributed by atoms with Crippen LogP contribution < -0.4 is 5.32 Å². The second-order valence-electron chi connectivity index (χ2n) is 3.16. The van der Waals surface area contributed by atoms with Crippen LogP contribution in [0.5, 0.6) is 0 Å². The van der Waals surface area contributed by atoms with Crippen LogP contribution in [0.4, 0.5) is 5.82 Å². The molecule has 0 aliphatic heterocycles. The van der Waals surface area contributed by atoms with Gasteiger partial charge in [-0.2, -0.15) is 0 Å². The van der Waals surface area contributed by atoms with E-state index in [9.17, 15) is 4.79 Å². The molecule has 0 saturated carbocycles. The predicted octanol–water partition coefficient (Wildman–Crippen LogP) is 1.31. The summed E-state index contributed by atoms with van der Waals surface area (Å²) < 4.78 is 0. The van der Waals surface area contributed by atoms with Crippen LogP contribution in [0.1, 0.15) is 12.8 Å². The summed E-state index contributed by atoms with van der Waals surface area (Å²) in [6.07, 6.45) is 3.89. The molecule has 7 heteroatoms. The summed E-state index contributed by atoms with van der Waals surface area (Å²) in [7, 11) is 0. The van der Waals surface area contributed by atoms with Gasteiger partial charge in [-0.1, -0.05) is 0 Å². The molecule has 2 heterocycles. The maximum absolute atomic E-state index is 11.5. The Morgan fingerprint density at radius 2 is 2.31 bits per heavy atom. The van der Waals surface area contributed by atoms with Crippen LogP contribution >= 0.6 is 11.6 Å². The number of H-pyrrole nitrogens is 1. The van der Waals surface area contributed by atoms with Gasteiger partial charge in [0, 0.05) is 12.3 Å². The number of nitrogens with one attached hydrogen (secondary N) is 2. The Morgan fingerprint density at radius 1 is 1.44 bits per heavy atom. The summed E-state index contributed by atoms with van der Waals surface area (Å²) in [4.78, 5) is 26.2. The van der Waals surface area contributed by atoms with E-state index in [1.165, 1.54) is 12.7 Å². The lowest BCUT2D eigenvalue weighted by Gasteiger charge is -2.03. The fourth-order valence-electron chi connectivity index (χ4n) is 1.28. The van der Waals surface area contributed by atoms with E-state index in [1.54, 1.807) is 0 Å². The monoisotopic (exact) mass is 239 g/mol. The van der Waals surface area contributed by atoms with Crippen molar-refractivity contribution in [3.8, 4) is 0 Å². The lowest BCUT2D eigenvalue weighted by molar-refractivity contribution is -0.116. The molecule has 84 valence electrons. The number of hydrogen-bond donors (Lipinski definition) is 2. The van der Waals surface area contributed by atoms with E-state index in [0.29, 0.717) is 35.7 Å². The Morgan fingerprint density at radius 3 is 3.12 bits per heavy atom. The van der Waals surface area contributed by atoms with Crippen molar-refractivity contribution in [2.45, 2.75) is 12.8 Å². The van der Waals surface area contributed by atoms with Crippen LogP contribution in [-0.2, 0) is 4.79 Å². The quantitative estimate of drug-likeness (QED) is 0.788. The Bertz CT molecular complexity index is 497. The van der Waals surface area contributed by atoms with Gasteiger partial charge in [0.05, 0.1) is 6.33 Å². The predicted molar refractivity (Wildman–Crippen MR) is 60.3 cm³/mol. The summed E-state index contributed by atoms with van der Waals surface area (Å²) in [6, 6.07) is 0. The second-order valence-corrected chi connectivity index (χ2v) is 3.54. The topological polar surface area (TPSA) is 83.6 Å². The molecule has 0 unspecified atom stereocenters. The Kier molecular flexibility index (Phi) is 3.31. The van der Waals surface area contributed by atoms with Crippen LogP contribution in [0.3, 0.4) is 0 Å². The summed E-state index contributed by atoms with van der Waals surface area (Å²) in [6.45, 7) is 0. The normalized spacial score (nSPS) is 10.6. The first-order chi connectivity index (χ1) is 7.81. The van der Waals surface area contributed by atoms with Crippen LogP contribution in [0.2, 0.25) is 0 Å². The highest BCUT2D eigenvalue weighted by molar-refractivity contribution is 6.18. The Balaban J connectivity index is 2.14. The number of alkyl halides is 1. The van der Waals surface area contributed by atoms with Crippen molar-refractivity contribution in [1.82, 2.24) is 19.9 Å². The molecule has 16 heavy (non-hydrogen) atoms. The number of amides is 1. The molecule has 2 N–H and O–H groups in total. The SMILES string of the molecule is O=C(CCCCl)Nc1ncnc2nc[nH]c12. The van der Waals surface area contributed by atoms with Gasteiger partial charge in [-0.25, -0.2) is 15.0 Å². The van der Waals surface area contributed by atoms with Gasteiger partial charge in [-0.15, -0.1) is 11.6 Å². The molecule has 0 saturated heterocycles. The van der Waals surface area contributed by atoms with E-state index in [0.717, 1.165) is 0 Å². The van der Waals surface area contributed by atoms with Gasteiger partial charge in [-0.05, 0) is 6.42 Å². The molecule has 1 amide bonds. The summed E-state index contributed by atoms with van der Waals surface area (Å²) in [5, 5.41) is 2.69. The summed E-state index contributed by atoms with van der Waals surface area (Å²) in [5.74, 6) is 0.800.